The summed E-state index contributed by atoms with van der Waals surface area (Å²) >= 11 is 5.99. The molecule has 1 fully saturated rings. The lowest BCUT2D eigenvalue weighted by molar-refractivity contribution is 0.0490. The molecule has 0 aliphatic carbocycles. The lowest BCUT2D eigenvalue weighted by Crippen LogP contribution is -2.21. The molecule has 5 heteroatoms. The fourth-order valence-corrected chi connectivity index (χ4v) is 1.93. The molecule has 0 aromatic carbocycles. The molecule has 90 valence electrons. The van der Waals surface area contributed by atoms with Crippen molar-refractivity contribution < 1.29 is 9.47 Å². The molecule has 4 nitrogen and oxygen atoms in total. The van der Waals surface area contributed by atoms with Crippen molar-refractivity contribution in [3.63, 3.8) is 0 Å². The first-order valence-corrected chi connectivity index (χ1v) is 5.94. The van der Waals surface area contributed by atoms with Gasteiger partial charge in [0.15, 0.2) is 0 Å². The molecule has 0 spiro atoms. The molecular formula is C12H13ClN2O2. The van der Waals surface area contributed by atoms with E-state index < -0.39 is 0 Å². The summed E-state index contributed by atoms with van der Waals surface area (Å²) < 4.78 is 10.8. The van der Waals surface area contributed by atoms with Crippen LogP contribution in [0.3, 0.4) is 0 Å². The first kappa shape index (κ1) is 12.2. The monoisotopic (exact) mass is 252 g/mol. The molecule has 0 atom stereocenters. The zero-order valence-corrected chi connectivity index (χ0v) is 10.1. The zero-order valence-electron chi connectivity index (χ0n) is 9.36. The molecule has 1 aliphatic heterocycles. The van der Waals surface area contributed by atoms with Gasteiger partial charge in [0.1, 0.15) is 11.1 Å². The van der Waals surface area contributed by atoms with Crippen LogP contribution in [0.4, 0.5) is 0 Å². The minimum absolute atomic E-state index is 0.294. The van der Waals surface area contributed by atoms with Crippen molar-refractivity contribution in [2.24, 2.45) is 5.92 Å². The third-order valence-corrected chi connectivity index (χ3v) is 3.14. The number of hydrogen-bond donors (Lipinski definition) is 0. The van der Waals surface area contributed by atoms with Gasteiger partial charge in [-0.25, -0.2) is 4.98 Å². The van der Waals surface area contributed by atoms with Gasteiger partial charge in [0.25, 0.3) is 0 Å². The lowest BCUT2D eigenvalue weighted by atomic mass is 10.0. The highest BCUT2D eigenvalue weighted by atomic mass is 35.5. The zero-order chi connectivity index (χ0) is 12.1. The largest absolute Gasteiger partial charge is 0.476 e. The third-order valence-electron chi connectivity index (χ3n) is 2.77. The van der Waals surface area contributed by atoms with Crippen LogP contribution in [0.5, 0.6) is 5.88 Å². The van der Waals surface area contributed by atoms with Gasteiger partial charge in [-0.05, 0) is 24.8 Å². The molecule has 0 bridgehead atoms. The van der Waals surface area contributed by atoms with E-state index in [1.54, 1.807) is 6.07 Å². The van der Waals surface area contributed by atoms with E-state index in [1.165, 1.54) is 6.20 Å². The Kier molecular flexibility index (Phi) is 4.18. The smallest absolute Gasteiger partial charge is 0.233 e. The Balaban J connectivity index is 1.96. The van der Waals surface area contributed by atoms with E-state index in [4.69, 9.17) is 26.3 Å². The second-order valence-corrected chi connectivity index (χ2v) is 4.33. The van der Waals surface area contributed by atoms with Crippen molar-refractivity contribution in [2.75, 3.05) is 19.8 Å². The normalized spacial score (nSPS) is 16.5. The topological polar surface area (TPSA) is 55.1 Å². The SMILES string of the molecule is N#Cc1ccnc(OCC2CCOCC2)c1Cl. The number of hydrogen-bond acceptors (Lipinski definition) is 4. The van der Waals surface area contributed by atoms with Crippen LogP contribution < -0.4 is 4.74 Å². The summed E-state index contributed by atoms with van der Waals surface area (Å²) in [5.74, 6) is 0.824. The Morgan fingerprint density at radius 3 is 3.00 bits per heavy atom. The highest BCUT2D eigenvalue weighted by Crippen LogP contribution is 2.26. The summed E-state index contributed by atoms with van der Waals surface area (Å²) in [5, 5.41) is 9.12. The standard InChI is InChI=1S/C12H13ClN2O2/c13-11-10(7-14)1-4-15-12(11)17-8-9-2-5-16-6-3-9/h1,4,9H,2-3,5-6,8H2. The summed E-state index contributed by atoms with van der Waals surface area (Å²) in [4.78, 5) is 4.03. The molecule has 2 rings (SSSR count). The van der Waals surface area contributed by atoms with Crippen LogP contribution in [0.25, 0.3) is 0 Å². The van der Waals surface area contributed by atoms with E-state index in [1.807, 2.05) is 6.07 Å². The molecule has 1 saturated heterocycles. The van der Waals surface area contributed by atoms with Gasteiger partial charge < -0.3 is 9.47 Å². The maximum atomic E-state index is 8.83. The molecule has 0 N–H and O–H groups in total. The average molecular weight is 253 g/mol. The Bertz CT molecular complexity index is 425. The molecule has 1 aromatic heterocycles. The van der Waals surface area contributed by atoms with Crippen LogP contribution in [-0.2, 0) is 4.74 Å². The highest BCUT2D eigenvalue weighted by molar-refractivity contribution is 6.32. The predicted octanol–water partition coefficient (Wildman–Crippen LogP) is 2.41. The van der Waals surface area contributed by atoms with Gasteiger partial charge in [-0.15, -0.1) is 0 Å². The predicted molar refractivity (Wildman–Crippen MR) is 63.0 cm³/mol. The van der Waals surface area contributed by atoms with Crippen molar-refractivity contribution in [3.8, 4) is 11.9 Å². The summed E-state index contributed by atoms with van der Waals surface area (Å²) in [5.41, 5.74) is 0.392. The van der Waals surface area contributed by atoms with E-state index in [0.29, 0.717) is 29.0 Å². The van der Waals surface area contributed by atoms with Gasteiger partial charge in [-0.2, -0.15) is 5.26 Å². The molecule has 1 aromatic rings. The molecule has 2 heterocycles. The maximum Gasteiger partial charge on any atom is 0.233 e. The summed E-state index contributed by atoms with van der Waals surface area (Å²) in [6.45, 7) is 2.14. The van der Waals surface area contributed by atoms with Gasteiger partial charge in [0.05, 0.1) is 12.2 Å². The Morgan fingerprint density at radius 1 is 1.53 bits per heavy atom. The Labute approximate surface area is 105 Å². The fraction of sp³-hybridized carbons (Fsp3) is 0.500. The first-order valence-electron chi connectivity index (χ1n) is 5.56. The van der Waals surface area contributed by atoms with Crippen LogP contribution >= 0.6 is 11.6 Å². The molecular weight excluding hydrogens is 240 g/mol. The number of rotatable bonds is 3. The van der Waals surface area contributed by atoms with Crippen LogP contribution in [0, 0.1) is 17.2 Å². The van der Waals surface area contributed by atoms with Crippen LogP contribution in [-0.4, -0.2) is 24.8 Å². The van der Waals surface area contributed by atoms with E-state index in [-0.39, 0.29) is 0 Å². The Hall–Kier alpha value is -1.31. The molecule has 0 radical (unpaired) electrons. The summed E-state index contributed by atoms with van der Waals surface area (Å²) in [6, 6.07) is 3.57. The van der Waals surface area contributed by atoms with Crippen LogP contribution in [0.15, 0.2) is 12.3 Å². The average Bonchev–Trinajstić information content (AvgIpc) is 2.39. The van der Waals surface area contributed by atoms with E-state index in [2.05, 4.69) is 4.98 Å². The number of nitrogens with zero attached hydrogens (tertiary/aromatic N) is 2. The van der Waals surface area contributed by atoms with Crippen molar-refractivity contribution >= 4 is 11.6 Å². The van der Waals surface area contributed by atoms with E-state index in [0.717, 1.165) is 26.1 Å². The number of nitriles is 1. The molecule has 1 aliphatic rings. The number of aromatic nitrogens is 1. The second-order valence-electron chi connectivity index (χ2n) is 3.96. The number of pyridine rings is 1. The fourth-order valence-electron chi connectivity index (χ4n) is 1.72. The lowest BCUT2D eigenvalue weighted by Gasteiger charge is -2.21. The molecule has 17 heavy (non-hydrogen) atoms. The first-order chi connectivity index (χ1) is 8.31. The van der Waals surface area contributed by atoms with Crippen molar-refractivity contribution in [2.45, 2.75) is 12.8 Å². The van der Waals surface area contributed by atoms with Gasteiger partial charge in [-0.3, -0.25) is 0 Å². The second kappa shape index (κ2) is 5.85. The van der Waals surface area contributed by atoms with Gasteiger partial charge in [0.2, 0.25) is 5.88 Å². The quantitative estimate of drug-likeness (QED) is 0.829. The maximum absolute atomic E-state index is 8.83. The Morgan fingerprint density at radius 2 is 2.29 bits per heavy atom. The van der Waals surface area contributed by atoms with Crippen LogP contribution in [0.1, 0.15) is 18.4 Å². The van der Waals surface area contributed by atoms with Crippen molar-refractivity contribution in [1.29, 1.82) is 5.26 Å². The van der Waals surface area contributed by atoms with Crippen LogP contribution in [0.2, 0.25) is 5.02 Å². The summed E-state index contributed by atoms with van der Waals surface area (Å²) in [7, 11) is 0. The number of halogens is 1. The van der Waals surface area contributed by atoms with E-state index >= 15 is 0 Å². The van der Waals surface area contributed by atoms with Crippen molar-refractivity contribution in [3.05, 3.63) is 22.8 Å². The molecule has 0 unspecified atom stereocenters. The number of ether oxygens (including phenoxy) is 2. The van der Waals surface area contributed by atoms with E-state index in [9.17, 15) is 0 Å². The minimum Gasteiger partial charge on any atom is -0.476 e. The summed E-state index contributed by atoms with van der Waals surface area (Å²) in [6.07, 6.45) is 3.52. The highest BCUT2D eigenvalue weighted by Gasteiger charge is 2.16. The molecule has 0 saturated carbocycles. The van der Waals surface area contributed by atoms with Gasteiger partial charge >= 0.3 is 0 Å². The molecule has 0 amide bonds. The van der Waals surface area contributed by atoms with Crippen molar-refractivity contribution in [1.82, 2.24) is 4.98 Å². The van der Waals surface area contributed by atoms with Gasteiger partial charge in [-0.1, -0.05) is 11.6 Å². The van der Waals surface area contributed by atoms with Gasteiger partial charge in [0, 0.05) is 19.4 Å². The third kappa shape index (κ3) is 3.09. The minimum atomic E-state index is 0.294.